The molecule has 22 heavy (non-hydrogen) atoms. The lowest BCUT2D eigenvalue weighted by Crippen LogP contribution is -2.41. The smallest absolute Gasteiger partial charge is 0.183 e. The number of hydrogen-bond acceptors (Lipinski definition) is 4. The summed E-state index contributed by atoms with van der Waals surface area (Å²) in [5.74, 6) is 0. The van der Waals surface area contributed by atoms with Gasteiger partial charge >= 0.3 is 0 Å². The van der Waals surface area contributed by atoms with Crippen molar-refractivity contribution in [2.75, 3.05) is 11.9 Å². The first kappa shape index (κ1) is 14.0. The van der Waals surface area contributed by atoms with E-state index < -0.39 is 0 Å². The van der Waals surface area contributed by atoms with Crippen molar-refractivity contribution >= 4 is 38.3 Å². The molecule has 3 aromatic rings. The number of thiazole rings is 1. The zero-order valence-electron chi connectivity index (χ0n) is 12.1. The van der Waals surface area contributed by atoms with E-state index in [2.05, 4.69) is 27.4 Å². The lowest BCUT2D eigenvalue weighted by molar-refractivity contribution is 0.253. The van der Waals surface area contributed by atoms with Crippen molar-refractivity contribution < 1.29 is 0 Å². The maximum absolute atomic E-state index is 6.04. The van der Waals surface area contributed by atoms with Crippen LogP contribution in [0.1, 0.15) is 25.0 Å². The molecule has 1 aromatic carbocycles. The first-order chi connectivity index (χ1) is 10.8. The van der Waals surface area contributed by atoms with E-state index in [1.54, 1.807) is 11.3 Å². The number of nitrogens with zero attached hydrogens (tertiary/aromatic N) is 2. The number of aromatic nitrogens is 2. The summed E-state index contributed by atoms with van der Waals surface area (Å²) in [6.45, 7) is 0.886. The molecular formula is C17H16ClN3S. The molecule has 4 rings (SSSR count). The molecule has 0 atom stereocenters. The Hall–Kier alpha value is -1.65. The van der Waals surface area contributed by atoms with Crippen LogP contribution in [0.4, 0.5) is 5.13 Å². The fraction of sp³-hybridized carbons (Fsp3) is 0.294. The maximum Gasteiger partial charge on any atom is 0.183 e. The standard InChI is InChI=1S/C17H16ClN3S/c18-12-5-6-13-14(10-12)22-16(21-13)20-11-17(7-3-8-17)15-4-1-2-9-19-15/h1-2,4-6,9-10H,3,7-8,11H2,(H,20,21). The summed E-state index contributed by atoms with van der Waals surface area (Å²) >= 11 is 7.69. The van der Waals surface area contributed by atoms with Gasteiger partial charge in [-0.05, 0) is 43.2 Å². The monoisotopic (exact) mass is 329 g/mol. The van der Waals surface area contributed by atoms with Gasteiger partial charge in [0.1, 0.15) is 0 Å². The first-order valence-electron chi connectivity index (χ1n) is 7.47. The van der Waals surface area contributed by atoms with Crippen molar-refractivity contribution in [1.82, 2.24) is 9.97 Å². The third-order valence-corrected chi connectivity index (χ3v) is 5.66. The average Bonchev–Trinajstić information content (AvgIpc) is 2.89. The fourth-order valence-corrected chi connectivity index (χ4v) is 4.16. The van der Waals surface area contributed by atoms with Crippen LogP contribution in [0.3, 0.4) is 0 Å². The molecule has 0 unspecified atom stereocenters. The summed E-state index contributed by atoms with van der Waals surface area (Å²) in [5, 5.41) is 5.23. The van der Waals surface area contributed by atoms with E-state index in [9.17, 15) is 0 Å². The van der Waals surface area contributed by atoms with Gasteiger partial charge in [0.25, 0.3) is 0 Å². The van der Waals surface area contributed by atoms with Crippen molar-refractivity contribution in [3.05, 3.63) is 53.3 Å². The van der Waals surface area contributed by atoms with Crippen LogP contribution in [-0.4, -0.2) is 16.5 Å². The molecule has 3 nitrogen and oxygen atoms in total. The minimum absolute atomic E-state index is 0.163. The minimum Gasteiger partial charge on any atom is -0.361 e. The van der Waals surface area contributed by atoms with Gasteiger partial charge in [0, 0.05) is 28.9 Å². The average molecular weight is 330 g/mol. The number of rotatable bonds is 4. The van der Waals surface area contributed by atoms with Crippen LogP contribution in [0.15, 0.2) is 42.6 Å². The van der Waals surface area contributed by atoms with Gasteiger partial charge in [-0.1, -0.05) is 35.4 Å². The number of anilines is 1. The molecule has 1 N–H and O–H groups in total. The molecule has 1 aliphatic carbocycles. The number of fused-ring (bicyclic) bond motifs is 1. The summed E-state index contributed by atoms with van der Waals surface area (Å²) in [5.41, 5.74) is 2.35. The quantitative estimate of drug-likeness (QED) is 0.741. The van der Waals surface area contributed by atoms with Gasteiger partial charge in [0.2, 0.25) is 0 Å². The van der Waals surface area contributed by atoms with Gasteiger partial charge in [-0.2, -0.15) is 0 Å². The Labute approximate surface area is 138 Å². The van der Waals surface area contributed by atoms with Crippen LogP contribution in [0, 0.1) is 0 Å². The number of pyridine rings is 1. The Balaban J connectivity index is 1.55. The normalized spacial score (nSPS) is 16.4. The number of halogens is 1. The number of nitrogens with one attached hydrogen (secondary N) is 1. The van der Waals surface area contributed by atoms with Crippen molar-refractivity contribution in [3.8, 4) is 0 Å². The predicted octanol–water partition coefficient (Wildman–Crippen LogP) is 4.88. The molecule has 1 saturated carbocycles. The summed E-state index contributed by atoms with van der Waals surface area (Å²) in [4.78, 5) is 9.20. The van der Waals surface area contributed by atoms with Crippen molar-refractivity contribution in [1.29, 1.82) is 0 Å². The van der Waals surface area contributed by atoms with Gasteiger partial charge in [0.05, 0.1) is 10.2 Å². The minimum atomic E-state index is 0.163. The highest BCUT2D eigenvalue weighted by molar-refractivity contribution is 7.22. The topological polar surface area (TPSA) is 37.8 Å². The Morgan fingerprint density at radius 3 is 2.86 bits per heavy atom. The van der Waals surface area contributed by atoms with Crippen molar-refractivity contribution in [2.45, 2.75) is 24.7 Å². The second-order valence-corrected chi connectivity index (χ2v) is 7.30. The van der Waals surface area contributed by atoms with Crippen molar-refractivity contribution in [2.24, 2.45) is 0 Å². The summed E-state index contributed by atoms with van der Waals surface area (Å²) in [7, 11) is 0. The van der Waals surface area contributed by atoms with E-state index >= 15 is 0 Å². The largest absolute Gasteiger partial charge is 0.361 e. The van der Waals surface area contributed by atoms with Crippen LogP contribution in [0.25, 0.3) is 10.2 Å². The molecule has 5 heteroatoms. The third-order valence-electron chi connectivity index (χ3n) is 4.45. The molecule has 1 fully saturated rings. The molecule has 2 heterocycles. The number of benzene rings is 1. The van der Waals surface area contributed by atoms with Crippen LogP contribution in [0.2, 0.25) is 5.02 Å². The van der Waals surface area contributed by atoms with Gasteiger partial charge in [-0.3, -0.25) is 4.98 Å². The predicted molar refractivity (Wildman–Crippen MR) is 92.9 cm³/mol. The lowest BCUT2D eigenvalue weighted by atomic mass is 9.66. The molecule has 0 radical (unpaired) electrons. The molecule has 0 bridgehead atoms. The van der Waals surface area contributed by atoms with Gasteiger partial charge in [0.15, 0.2) is 5.13 Å². The van der Waals surface area contributed by atoms with Crippen LogP contribution in [-0.2, 0) is 5.41 Å². The summed E-state index contributed by atoms with van der Waals surface area (Å²) < 4.78 is 1.12. The lowest BCUT2D eigenvalue weighted by Gasteiger charge is -2.41. The van der Waals surface area contributed by atoms with Gasteiger partial charge < -0.3 is 5.32 Å². The molecule has 0 amide bonds. The Morgan fingerprint density at radius 1 is 1.23 bits per heavy atom. The zero-order chi connectivity index (χ0) is 15.0. The molecule has 0 aliphatic heterocycles. The summed E-state index contributed by atoms with van der Waals surface area (Å²) in [6.07, 6.45) is 5.53. The van der Waals surface area contributed by atoms with Gasteiger partial charge in [-0.15, -0.1) is 0 Å². The molecule has 0 saturated heterocycles. The second-order valence-electron chi connectivity index (χ2n) is 5.83. The number of hydrogen-bond donors (Lipinski definition) is 1. The fourth-order valence-electron chi connectivity index (χ4n) is 3.02. The molecular weight excluding hydrogens is 314 g/mol. The van der Waals surface area contributed by atoms with Crippen molar-refractivity contribution in [3.63, 3.8) is 0 Å². The molecule has 0 spiro atoms. The Kier molecular flexibility index (Phi) is 3.51. The first-order valence-corrected chi connectivity index (χ1v) is 8.66. The molecule has 1 aliphatic rings. The van der Waals surface area contributed by atoms with E-state index in [0.29, 0.717) is 0 Å². The summed E-state index contributed by atoms with van der Waals surface area (Å²) in [6, 6.07) is 12.0. The highest BCUT2D eigenvalue weighted by Gasteiger charge is 2.39. The van der Waals surface area contributed by atoms with Gasteiger partial charge in [-0.25, -0.2) is 4.98 Å². The highest BCUT2D eigenvalue weighted by Crippen LogP contribution is 2.43. The SMILES string of the molecule is Clc1ccc2nc(NCC3(c4ccccn4)CCC3)sc2c1. The molecule has 112 valence electrons. The van der Waals surface area contributed by atoms with E-state index in [0.717, 1.165) is 26.9 Å². The second kappa shape index (κ2) is 5.52. The maximum atomic E-state index is 6.04. The zero-order valence-corrected chi connectivity index (χ0v) is 13.6. The van der Waals surface area contributed by atoms with Crippen LogP contribution in [0.5, 0.6) is 0 Å². The third kappa shape index (κ3) is 2.46. The van der Waals surface area contributed by atoms with E-state index in [1.165, 1.54) is 25.0 Å². The van der Waals surface area contributed by atoms with E-state index in [4.69, 9.17) is 11.6 Å². The molecule has 2 aromatic heterocycles. The Bertz CT molecular complexity index is 796. The Morgan fingerprint density at radius 2 is 2.14 bits per heavy atom. The van der Waals surface area contributed by atoms with E-state index in [-0.39, 0.29) is 5.41 Å². The van der Waals surface area contributed by atoms with Crippen LogP contribution < -0.4 is 5.32 Å². The van der Waals surface area contributed by atoms with E-state index in [1.807, 2.05) is 30.5 Å². The highest BCUT2D eigenvalue weighted by atomic mass is 35.5. The van der Waals surface area contributed by atoms with Crippen LogP contribution >= 0.6 is 22.9 Å².